The molecule has 6 heteroatoms. The number of aromatic nitrogens is 2. The van der Waals surface area contributed by atoms with Crippen LogP contribution in [0.1, 0.15) is 0 Å². The molecule has 0 N–H and O–H groups in total. The topological polar surface area (TPSA) is 61.0 Å². The van der Waals surface area contributed by atoms with Crippen molar-refractivity contribution in [1.29, 1.82) is 0 Å². The normalized spacial score (nSPS) is 10.4. The van der Waals surface area contributed by atoms with Gasteiger partial charge in [-0.05, 0) is 5.38 Å². The number of hydrogen-bond donors (Lipinski definition) is 0. The molecular weight excluding hydrogens is 202 g/mol. The van der Waals surface area contributed by atoms with Crippen molar-refractivity contribution in [3.63, 3.8) is 0 Å². The Bertz CT molecular complexity index is 474. The highest BCUT2D eigenvalue weighted by atomic mass is 32.1. The molecule has 0 aromatic carbocycles. The van der Waals surface area contributed by atoms with Crippen LogP contribution in [0.15, 0.2) is 24.0 Å². The molecule has 2 rings (SSSR count). The van der Waals surface area contributed by atoms with Crippen LogP contribution in [0.4, 0.5) is 5.69 Å². The molecule has 0 aliphatic carbocycles. The van der Waals surface area contributed by atoms with Crippen LogP contribution in [-0.2, 0) is 7.05 Å². The second kappa shape index (κ2) is 3.22. The maximum absolute atomic E-state index is 10.6. The van der Waals surface area contributed by atoms with Crippen molar-refractivity contribution in [2.45, 2.75) is 0 Å². The molecule has 0 unspecified atom stereocenters. The Kier molecular flexibility index (Phi) is 2.05. The lowest BCUT2D eigenvalue weighted by Gasteiger charge is -1.90. The van der Waals surface area contributed by atoms with Gasteiger partial charge in [-0.15, -0.1) is 11.3 Å². The second-order valence-electron chi connectivity index (χ2n) is 2.82. The van der Waals surface area contributed by atoms with Crippen LogP contribution in [0.25, 0.3) is 10.6 Å². The minimum absolute atomic E-state index is 0.119. The average molecular weight is 209 g/mol. The van der Waals surface area contributed by atoms with Crippen molar-refractivity contribution in [1.82, 2.24) is 9.55 Å². The highest BCUT2D eigenvalue weighted by Gasteiger charge is 2.18. The Hall–Kier alpha value is -1.69. The molecule has 0 amide bonds. The van der Waals surface area contributed by atoms with Crippen LogP contribution in [0, 0.1) is 10.1 Å². The molecule has 0 spiro atoms. The third kappa shape index (κ3) is 1.39. The highest BCUT2D eigenvalue weighted by Crippen LogP contribution is 2.33. The molecule has 0 saturated carbocycles. The summed E-state index contributed by atoms with van der Waals surface area (Å²) in [6, 6.07) is 1.49. The number of nitrogens with zero attached hydrogens (tertiary/aromatic N) is 3. The Labute approximate surface area is 83.8 Å². The van der Waals surface area contributed by atoms with Crippen LogP contribution in [0.2, 0.25) is 0 Å². The molecule has 0 aliphatic heterocycles. The largest absolute Gasteiger partial charge is 0.340 e. The molecule has 0 radical (unpaired) electrons. The number of thiophene rings is 1. The first-order chi connectivity index (χ1) is 6.68. The molecule has 14 heavy (non-hydrogen) atoms. The van der Waals surface area contributed by atoms with Crippen LogP contribution in [0.3, 0.4) is 0 Å². The van der Waals surface area contributed by atoms with E-state index in [0.717, 1.165) is 0 Å². The molecule has 2 heterocycles. The van der Waals surface area contributed by atoms with Gasteiger partial charge in [0.2, 0.25) is 0 Å². The summed E-state index contributed by atoms with van der Waals surface area (Å²) >= 11 is 1.33. The number of imidazole rings is 1. The maximum Gasteiger partial charge on any atom is 0.289 e. The first-order valence-corrected chi connectivity index (χ1v) is 4.76. The molecule has 2 aromatic rings. The van der Waals surface area contributed by atoms with E-state index in [9.17, 15) is 10.1 Å². The number of hydrogen-bond acceptors (Lipinski definition) is 4. The lowest BCUT2D eigenvalue weighted by molar-refractivity contribution is -0.383. The summed E-state index contributed by atoms with van der Waals surface area (Å²) in [5.74, 6) is 0. The summed E-state index contributed by atoms with van der Waals surface area (Å²) in [5, 5.41) is 12.3. The summed E-state index contributed by atoms with van der Waals surface area (Å²) in [5.41, 5.74) is 0.767. The predicted octanol–water partition coefficient (Wildman–Crippen LogP) is 2.06. The third-order valence-electron chi connectivity index (χ3n) is 1.78. The quantitative estimate of drug-likeness (QED) is 0.561. The number of nitro groups is 1. The molecule has 0 saturated heterocycles. The van der Waals surface area contributed by atoms with Gasteiger partial charge in [0.1, 0.15) is 10.6 Å². The monoisotopic (exact) mass is 209 g/mol. The van der Waals surface area contributed by atoms with E-state index in [4.69, 9.17) is 0 Å². The molecule has 2 aromatic heterocycles. The molecular formula is C8H7N3O2S. The van der Waals surface area contributed by atoms with Crippen molar-refractivity contribution in [3.05, 3.63) is 34.1 Å². The van der Waals surface area contributed by atoms with E-state index < -0.39 is 0 Å². The Morgan fingerprint density at radius 1 is 1.64 bits per heavy atom. The standard InChI is InChI=1S/C8H7N3O2S/c1-10-4-6(9-5-10)8-7(11(12)13)2-3-14-8/h2-5H,1H3. The van der Waals surface area contributed by atoms with Crippen LogP contribution in [-0.4, -0.2) is 14.5 Å². The van der Waals surface area contributed by atoms with E-state index in [-0.39, 0.29) is 10.6 Å². The Morgan fingerprint density at radius 2 is 2.43 bits per heavy atom. The lowest BCUT2D eigenvalue weighted by atomic mass is 10.3. The van der Waals surface area contributed by atoms with Gasteiger partial charge < -0.3 is 4.57 Å². The van der Waals surface area contributed by atoms with Gasteiger partial charge in [0, 0.05) is 19.3 Å². The van der Waals surface area contributed by atoms with Gasteiger partial charge in [0.25, 0.3) is 5.69 Å². The fraction of sp³-hybridized carbons (Fsp3) is 0.125. The average Bonchev–Trinajstić information content (AvgIpc) is 2.70. The fourth-order valence-corrected chi connectivity index (χ4v) is 1.99. The molecule has 0 fully saturated rings. The van der Waals surface area contributed by atoms with Crippen molar-refractivity contribution in [3.8, 4) is 10.6 Å². The summed E-state index contributed by atoms with van der Waals surface area (Å²) in [6.07, 6.45) is 3.39. The third-order valence-corrected chi connectivity index (χ3v) is 2.70. The SMILES string of the molecule is Cn1cnc(-c2sccc2[N+](=O)[O-])c1. The zero-order valence-electron chi connectivity index (χ0n) is 7.38. The predicted molar refractivity (Wildman–Crippen MR) is 53.2 cm³/mol. The molecule has 0 aliphatic rings. The first-order valence-electron chi connectivity index (χ1n) is 3.88. The second-order valence-corrected chi connectivity index (χ2v) is 3.73. The summed E-state index contributed by atoms with van der Waals surface area (Å²) in [7, 11) is 1.83. The summed E-state index contributed by atoms with van der Waals surface area (Å²) in [4.78, 5) is 14.9. The van der Waals surface area contributed by atoms with Gasteiger partial charge in [-0.25, -0.2) is 4.98 Å². The van der Waals surface area contributed by atoms with Gasteiger partial charge in [-0.1, -0.05) is 0 Å². The van der Waals surface area contributed by atoms with E-state index in [1.165, 1.54) is 17.4 Å². The van der Waals surface area contributed by atoms with Gasteiger partial charge >= 0.3 is 0 Å². The lowest BCUT2D eigenvalue weighted by Crippen LogP contribution is -1.87. The van der Waals surface area contributed by atoms with Gasteiger partial charge in [-0.2, -0.15) is 0 Å². The van der Waals surface area contributed by atoms with E-state index in [2.05, 4.69) is 4.98 Å². The minimum Gasteiger partial charge on any atom is -0.340 e. The van der Waals surface area contributed by atoms with Crippen LogP contribution < -0.4 is 0 Å². The van der Waals surface area contributed by atoms with Crippen molar-refractivity contribution < 1.29 is 4.92 Å². The fourth-order valence-electron chi connectivity index (χ4n) is 1.17. The van der Waals surface area contributed by atoms with Gasteiger partial charge in [0.05, 0.1) is 11.3 Å². The first kappa shape index (κ1) is 8.89. The Balaban J connectivity index is 2.51. The molecule has 0 atom stereocenters. The van der Waals surface area contributed by atoms with E-state index >= 15 is 0 Å². The van der Waals surface area contributed by atoms with Gasteiger partial charge in [-0.3, -0.25) is 10.1 Å². The molecule has 0 bridgehead atoms. The minimum atomic E-state index is -0.388. The van der Waals surface area contributed by atoms with E-state index in [1.807, 2.05) is 7.05 Å². The molecule has 5 nitrogen and oxygen atoms in total. The zero-order chi connectivity index (χ0) is 10.1. The Morgan fingerprint density at radius 3 is 3.00 bits per heavy atom. The van der Waals surface area contributed by atoms with Crippen LogP contribution in [0.5, 0.6) is 0 Å². The highest BCUT2D eigenvalue weighted by molar-refractivity contribution is 7.14. The number of aryl methyl sites for hydroxylation is 1. The van der Waals surface area contributed by atoms with Crippen molar-refractivity contribution in [2.75, 3.05) is 0 Å². The smallest absolute Gasteiger partial charge is 0.289 e. The van der Waals surface area contributed by atoms with Gasteiger partial charge in [0.15, 0.2) is 0 Å². The number of rotatable bonds is 2. The van der Waals surface area contributed by atoms with E-state index in [1.54, 1.807) is 22.5 Å². The van der Waals surface area contributed by atoms with Crippen LogP contribution >= 0.6 is 11.3 Å². The molecule has 72 valence electrons. The zero-order valence-corrected chi connectivity index (χ0v) is 8.19. The summed E-state index contributed by atoms with van der Waals surface area (Å²) in [6.45, 7) is 0. The maximum atomic E-state index is 10.6. The summed E-state index contributed by atoms with van der Waals surface area (Å²) < 4.78 is 1.76. The van der Waals surface area contributed by atoms with E-state index in [0.29, 0.717) is 10.6 Å². The van der Waals surface area contributed by atoms with Crippen molar-refractivity contribution in [2.24, 2.45) is 7.05 Å². The van der Waals surface area contributed by atoms with Crippen molar-refractivity contribution >= 4 is 17.0 Å².